The van der Waals surface area contributed by atoms with E-state index in [-0.39, 0.29) is 5.91 Å². The number of carbonyl (C=O) groups is 1. The van der Waals surface area contributed by atoms with Gasteiger partial charge in [-0.2, -0.15) is 0 Å². The molecule has 1 amide bonds. The van der Waals surface area contributed by atoms with Crippen LogP contribution in [0.15, 0.2) is 0 Å². The first-order chi connectivity index (χ1) is 6.81. The van der Waals surface area contributed by atoms with Crippen molar-refractivity contribution < 1.29 is 14.4 Å². The molecule has 0 aromatic heterocycles. The highest BCUT2D eigenvalue weighted by atomic mass is 16.7. The minimum atomic E-state index is -0.113. The van der Waals surface area contributed by atoms with Crippen molar-refractivity contribution in [3.05, 3.63) is 0 Å². The van der Waals surface area contributed by atoms with Gasteiger partial charge in [0.05, 0.1) is 13.2 Å². The van der Waals surface area contributed by atoms with Crippen molar-refractivity contribution in [1.29, 1.82) is 0 Å². The van der Waals surface area contributed by atoms with Crippen LogP contribution in [-0.2, 0) is 14.4 Å². The summed E-state index contributed by atoms with van der Waals surface area (Å²) in [5.41, 5.74) is 2.32. The number of hydrogen-bond donors (Lipinski definition) is 1. The van der Waals surface area contributed by atoms with Gasteiger partial charge in [0.1, 0.15) is 0 Å². The monoisotopic (exact) mass is 199 g/mol. The quantitative estimate of drug-likeness (QED) is 0.358. The summed E-state index contributed by atoms with van der Waals surface area (Å²) in [5, 5.41) is 0. The third-order valence-corrected chi connectivity index (χ3v) is 1.55. The number of hydrogen-bond acceptors (Lipinski definition) is 3. The average molecular weight is 199 g/mol. The highest BCUT2D eigenvalue weighted by Gasteiger charge is 1.99. The van der Waals surface area contributed by atoms with Crippen molar-refractivity contribution in [2.45, 2.75) is 25.7 Å². The van der Waals surface area contributed by atoms with E-state index in [9.17, 15) is 4.79 Å². The summed E-state index contributed by atoms with van der Waals surface area (Å²) in [4.78, 5) is 15.9. The normalized spacial score (nSPS) is 9.43. The molecule has 0 heterocycles. The summed E-state index contributed by atoms with van der Waals surface area (Å²) in [5.74, 6) is 2.41. The fourth-order valence-electron chi connectivity index (χ4n) is 0.820. The topological polar surface area (TPSA) is 47.6 Å². The lowest BCUT2D eigenvalue weighted by Crippen LogP contribution is -2.25. The number of ether oxygens (including phenoxy) is 1. The van der Waals surface area contributed by atoms with E-state index in [0.29, 0.717) is 19.6 Å². The Bertz CT molecular complexity index is 186. The van der Waals surface area contributed by atoms with Crippen LogP contribution in [0, 0.1) is 12.3 Å². The van der Waals surface area contributed by atoms with E-state index in [4.69, 9.17) is 16.0 Å². The van der Waals surface area contributed by atoms with Crippen LogP contribution in [0.1, 0.15) is 25.7 Å². The maximum atomic E-state index is 11.0. The Labute approximate surface area is 84.9 Å². The lowest BCUT2D eigenvalue weighted by Gasteiger charge is -2.04. The van der Waals surface area contributed by atoms with Gasteiger partial charge in [0.15, 0.2) is 0 Å². The van der Waals surface area contributed by atoms with Gasteiger partial charge in [0.25, 0.3) is 0 Å². The molecule has 0 aromatic rings. The van der Waals surface area contributed by atoms with Crippen LogP contribution in [-0.4, -0.2) is 26.2 Å². The number of terminal acetylenes is 1. The first kappa shape index (κ1) is 12.9. The molecule has 0 fully saturated rings. The molecule has 0 atom stereocenters. The van der Waals surface area contributed by atoms with E-state index in [2.05, 4.69) is 11.4 Å². The first-order valence-corrected chi connectivity index (χ1v) is 4.64. The fraction of sp³-hybridized carbons (Fsp3) is 0.700. The Morgan fingerprint density at radius 3 is 2.86 bits per heavy atom. The van der Waals surface area contributed by atoms with Gasteiger partial charge in [-0.1, -0.05) is 0 Å². The van der Waals surface area contributed by atoms with Gasteiger partial charge >= 0.3 is 0 Å². The molecule has 14 heavy (non-hydrogen) atoms. The van der Waals surface area contributed by atoms with Crippen LogP contribution >= 0.6 is 0 Å². The Morgan fingerprint density at radius 1 is 1.43 bits per heavy atom. The second-order valence-corrected chi connectivity index (χ2v) is 2.78. The summed E-state index contributed by atoms with van der Waals surface area (Å²) >= 11 is 0. The summed E-state index contributed by atoms with van der Waals surface area (Å²) in [6.45, 7) is 0.837. The number of nitrogens with one attached hydrogen (secondary N) is 1. The molecule has 0 aliphatic carbocycles. The smallest absolute Gasteiger partial charge is 0.243 e. The molecule has 0 aromatic carbocycles. The molecule has 0 aliphatic rings. The van der Waals surface area contributed by atoms with Crippen molar-refractivity contribution in [1.82, 2.24) is 5.48 Å². The molecular weight excluding hydrogens is 182 g/mol. The van der Waals surface area contributed by atoms with Crippen molar-refractivity contribution in [2.75, 3.05) is 20.3 Å². The molecule has 0 bridgehead atoms. The van der Waals surface area contributed by atoms with Crippen LogP contribution in [0.4, 0.5) is 0 Å². The molecule has 4 heteroatoms. The highest BCUT2D eigenvalue weighted by Crippen LogP contribution is 1.98. The predicted molar refractivity (Wildman–Crippen MR) is 53.3 cm³/mol. The Balaban J connectivity index is 3.16. The van der Waals surface area contributed by atoms with Crippen molar-refractivity contribution in [3.8, 4) is 12.3 Å². The zero-order chi connectivity index (χ0) is 10.6. The largest absolute Gasteiger partial charge is 0.382 e. The van der Waals surface area contributed by atoms with Gasteiger partial charge in [-0.3, -0.25) is 9.63 Å². The minimum Gasteiger partial charge on any atom is -0.382 e. The molecular formula is C10H17NO3. The third kappa shape index (κ3) is 9.04. The molecule has 0 unspecified atom stereocenters. The molecule has 0 aliphatic heterocycles. The second-order valence-electron chi connectivity index (χ2n) is 2.78. The van der Waals surface area contributed by atoms with E-state index >= 15 is 0 Å². The van der Waals surface area contributed by atoms with Gasteiger partial charge in [0.2, 0.25) is 5.91 Å². The van der Waals surface area contributed by atoms with Crippen molar-refractivity contribution in [2.24, 2.45) is 0 Å². The molecule has 4 nitrogen and oxygen atoms in total. The Morgan fingerprint density at radius 2 is 2.21 bits per heavy atom. The van der Waals surface area contributed by atoms with Gasteiger partial charge in [-0.15, -0.1) is 12.3 Å². The fourth-order valence-corrected chi connectivity index (χ4v) is 0.820. The molecule has 0 saturated carbocycles. The van der Waals surface area contributed by atoms with Gasteiger partial charge < -0.3 is 4.74 Å². The van der Waals surface area contributed by atoms with Gasteiger partial charge in [-0.25, -0.2) is 5.48 Å². The lowest BCUT2D eigenvalue weighted by molar-refractivity contribution is -0.134. The van der Waals surface area contributed by atoms with Crippen LogP contribution in [0.25, 0.3) is 0 Å². The average Bonchev–Trinajstić information content (AvgIpc) is 2.19. The van der Waals surface area contributed by atoms with Crippen molar-refractivity contribution >= 4 is 5.91 Å². The van der Waals surface area contributed by atoms with Crippen LogP contribution in [0.3, 0.4) is 0 Å². The highest BCUT2D eigenvalue weighted by molar-refractivity contribution is 5.74. The van der Waals surface area contributed by atoms with Crippen LogP contribution < -0.4 is 5.48 Å². The molecule has 80 valence electrons. The van der Waals surface area contributed by atoms with Gasteiger partial charge in [-0.05, 0) is 12.8 Å². The summed E-state index contributed by atoms with van der Waals surface area (Å²) in [6, 6.07) is 0. The van der Waals surface area contributed by atoms with E-state index in [1.807, 2.05) is 0 Å². The Hall–Kier alpha value is -1.05. The summed E-state index contributed by atoms with van der Waals surface area (Å²) in [6.07, 6.45) is 7.92. The Kier molecular flexibility index (Phi) is 9.28. The minimum absolute atomic E-state index is 0.113. The van der Waals surface area contributed by atoms with Gasteiger partial charge in [0, 0.05) is 20.0 Å². The second kappa shape index (κ2) is 10.0. The standard InChI is InChI=1S/C10H17NO3/c1-3-4-5-6-7-10(12)11-14-9-8-13-2/h1H,4-9H2,2H3,(H,11,12). The maximum absolute atomic E-state index is 11.0. The first-order valence-electron chi connectivity index (χ1n) is 4.64. The summed E-state index contributed by atoms with van der Waals surface area (Å²) < 4.78 is 4.74. The van der Waals surface area contributed by atoms with E-state index in [0.717, 1.165) is 19.3 Å². The predicted octanol–water partition coefficient (Wildman–Crippen LogP) is 0.874. The van der Waals surface area contributed by atoms with E-state index in [1.54, 1.807) is 7.11 Å². The molecule has 0 saturated heterocycles. The number of hydroxylamine groups is 1. The van der Waals surface area contributed by atoms with Crippen LogP contribution in [0.5, 0.6) is 0 Å². The summed E-state index contributed by atoms with van der Waals surface area (Å²) in [7, 11) is 1.57. The SMILES string of the molecule is C#CCCCCC(=O)NOCCOC. The van der Waals surface area contributed by atoms with E-state index < -0.39 is 0 Å². The number of amides is 1. The number of rotatable bonds is 8. The number of carbonyl (C=O) groups excluding carboxylic acids is 1. The van der Waals surface area contributed by atoms with Crippen molar-refractivity contribution in [3.63, 3.8) is 0 Å². The lowest BCUT2D eigenvalue weighted by atomic mass is 10.2. The molecule has 1 N–H and O–H groups in total. The maximum Gasteiger partial charge on any atom is 0.243 e. The van der Waals surface area contributed by atoms with E-state index in [1.165, 1.54) is 0 Å². The third-order valence-electron chi connectivity index (χ3n) is 1.55. The molecule has 0 spiro atoms. The zero-order valence-corrected chi connectivity index (χ0v) is 8.54. The van der Waals surface area contributed by atoms with Crippen LogP contribution in [0.2, 0.25) is 0 Å². The molecule has 0 rings (SSSR count). The molecule has 0 radical (unpaired) electrons. The number of methoxy groups -OCH3 is 1. The zero-order valence-electron chi connectivity index (χ0n) is 8.54. The number of unbranched alkanes of at least 4 members (excludes halogenated alkanes) is 2.